The van der Waals surface area contributed by atoms with E-state index in [4.69, 9.17) is 11.6 Å². The molecule has 0 bridgehead atoms. The molecule has 0 heterocycles. The number of carbonyl (C=O) groups is 2. The summed E-state index contributed by atoms with van der Waals surface area (Å²) in [5.41, 5.74) is 1.77. The van der Waals surface area contributed by atoms with Crippen molar-refractivity contribution < 1.29 is 18.0 Å². The standard InChI is InChI=1S/C28H32ClN3O4S/c1-30-28(34)26(20-22-10-5-3-6-11-22)32(21-23-15-17-24(29)18-16-23)27(33)14-9-19-31(2)37(35,36)25-12-7-4-8-13-25/h3-8,10-13,15-18,26H,9,14,19-21H2,1-2H3,(H,30,34). The Hall–Kier alpha value is -3.20. The van der Waals surface area contributed by atoms with E-state index in [0.717, 1.165) is 11.1 Å². The Morgan fingerprint density at radius 2 is 1.49 bits per heavy atom. The van der Waals surface area contributed by atoms with Crippen LogP contribution in [-0.2, 0) is 32.6 Å². The third-order valence-corrected chi connectivity index (χ3v) is 8.22. The minimum Gasteiger partial charge on any atom is -0.357 e. The molecule has 0 saturated carbocycles. The van der Waals surface area contributed by atoms with Crippen molar-refractivity contribution >= 4 is 33.4 Å². The topological polar surface area (TPSA) is 86.8 Å². The van der Waals surface area contributed by atoms with Crippen molar-refractivity contribution in [3.8, 4) is 0 Å². The summed E-state index contributed by atoms with van der Waals surface area (Å²) < 4.78 is 26.9. The first-order valence-electron chi connectivity index (χ1n) is 12.0. The van der Waals surface area contributed by atoms with Crippen LogP contribution >= 0.6 is 11.6 Å². The Morgan fingerprint density at radius 1 is 0.892 bits per heavy atom. The van der Waals surface area contributed by atoms with Gasteiger partial charge in [0.2, 0.25) is 21.8 Å². The van der Waals surface area contributed by atoms with Gasteiger partial charge in [-0.2, -0.15) is 0 Å². The predicted octanol–water partition coefficient (Wildman–Crippen LogP) is 4.13. The molecule has 0 aliphatic rings. The summed E-state index contributed by atoms with van der Waals surface area (Å²) in [6.07, 6.45) is 0.747. The van der Waals surface area contributed by atoms with Crippen molar-refractivity contribution in [3.63, 3.8) is 0 Å². The number of likely N-dealkylation sites (N-methyl/N-ethyl adjacent to an activating group) is 1. The highest BCUT2D eigenvalue weighted by Crippen LogP contribution is 2.19. The van der Waals surface area contributed by atoms with Gasteiger partial charge in [0.05, 0.1) is 4.90 Å². The molecule has 0 radical (unpaired) electrons. The van der Waals surface area contributed by atoms with Gasteiger partial charge in [0, 0.05) is 45.0 Å². The maximum atomic E-state index is 13.5. The molecule has 1 N–H and O–H groups in total. The number of halogens is 1. The Labute approximate surface area is 224 Å². The average molecular weight is 542 g/mol. The summed E-state index contributed by atoms with van der Waals surface area (Å²) in [5.74, 6) is -0.500. The highest BCUT2D eigenvalue weighted by atomic mass is 35.5. The first-order valence-corrected chi connectivity index (χ1v) is 13.8. The molecule has 7 nitrogen and oxygen atoms in total. The number of hydrogen-bond donors (Lipinski definition) is 1. The van der Waals surface area contributed by atoms with Crippen LogP contribution in [0.25, 0.3) is 0 Å². The summed E-state index contributed by atoms with van der Waals surface area (Å²) in [6, 6.07) is 24.1. The van der Waals surface area contributed by atoms with Crippen molar-refractivity contribution in [1.82, 2.24) is 14.5 Å². The summed E-state index contributed by atoms with van der Waals surface area (Å²) in [4.78, 5) is 28.3. The van der Waals surface area contributed by atoms with Crippen molar-refractivity contribution in [2.45, 2.75) is 36.7 Å². The molecule has 3 rings (SSSR count). The third-order valence-electron chi connectivity index (χ3n) is 6.10. The van der Waals surface area contributed by atoms with E-state index in [-0.39, 0.29) is 36.2 Å². The Kier molecular flexibility index (Phi) is 10.3. The number of carbonyl (C=O) groups excluding carboxylic acids is 2. The Balaban J connectivity index is 1.77. The molecule has 1 unspecified atom stereocenters. The molecule has 0 spiro atoms. The van der Waals surface area contributed by atoms with Crippen molar-refractivity contribution in [2.75, 3.05) is 20.6 Å². The molecular formula is C28H32ClN3O4S. The van der Waals surface area contributed by atoms with Crippen LogP contribution in [0.5, 0.6) is 0 Å². The summed E-state index contributed by atoms with van der Waals surface area (Å²) in [6.45, 7) is 0.389. The lowest BCUT2D eigenvalue weighted by molar-refractivity contribution is -0.141. The first-order chi connectivity index (χ1) is 17.7. The highest BCUT2D eigenvalue weighted by Gasteiger charge is 2.30. The molecule has 37 heavy (non-hydrogen) atoms. The van der Waals surface area contributed by atoms with E-state index in [2.05, 4.69) is 5.32 Å². The van der Waals surface area contributed by atoms with Gasteiger partial charge in [-0.1, -0.05) is 72.3 Å². The molecule has 0 fully saturated rings. The number of benzene rings is 3. The molecular weight excluding hydrogens is 510 g/mol. The van der Waals surface area contributed by atoms with Gasteiger partial charge >= 0.3 is 0 Å². The normalized spacial score (nSPS) is 12.2. The molecule has 9 heteroatoms. The number of amides is 2. The van der Waals surface area contributed by atoms with E-state index >= 15 is 0 Å². The number of hydrogen-bond acceptors (Lipinski definition) is 4. The van der Waals surface area contributed by atoms with Crippen LogP contribution in [0, 0.1) is 0 Å². The van der Waals surface area contributed by atoms with Crippen LogP contribution in [0.15, 0.2) is 89.8 Å². The number of sulfonamides is 1. The second kappa shape index (κ2) is 13.4. The van der Waals surface area contributed by atoms with E-state index < -0.39 is 16.1 Å². The molecule has 0 aliphatic carbocycles. The zero-order valence-electron chi connectivity index (χ0n) is 21.0. The highest BCUT2D eigenvalue weighted by molar-refractivity contribution is 7.89. The van der Waals surface area contributed by atoms with Gasteiger partial charge in [0.25, 0.3) is 0 Å². The minimum atomic E-state index is -3.65. The lowest BCUT2D eigenvalue weighted by Gasteiger charge is -2.31. The molecule has 3 aromatic rings. The second-order valence-corrected chi connectivity index (χ2v) is 11.2. The van der Waals surface area contributed by atoms with Crippen molar-refractivity contribution in [3.05, 3.63) is 101 Å². The number of nitrogens with one attached hydrogen (secondary N) is 1. The largest absolute Gasteiger partial charge is 0.357 e. The monoisotopic (exact) mass is 541 g/mol. The SMILES string of the molecule is CNC(=O)C(Cc1ccccc1)N(Cc1ccc(Cl)cc1)C(=O)CCCN(C)S(=O)(=O)c1ccccc1. The molecule has 0 aliphatic heterocycles. The van der Waals surface area contributed by atoms with Gasteiger partial charge in [-0.05, 0) is 41.8 Å². The van der Waals surface area contributed by atoms with Crippen LogP contribution in [0.1, 0.15) is 24.0 Å². The summed E-state index contributed by atoms with van der Waals surface area (Å²) in [7, 11) is -0.601. The van der Waals surface area contributed by atoms with E-state index in [9.17, 15) is 18.0 Å². The van der Waals surface area contributed by atoms with Crippen molar-refractivity contribution in [1.29, 1.82) is 0 Å². The summed E-state index contributed by atoms with van der Waals surface area (Å²) >= 11 is 6.03. The predicted molar refractivity (Wildman–Crippen MR) is 145 cm³/mol. The van der Waals surface area contributed by atoms with Crippen LogP contribution in [-0.4, -0.2) is 56.1 Å². The van der Waals surface area contributed by atoms with Crippen LogP contribution < -0.4 is 5.32 Å². The Bertz CT molecular complexity index is 1270. The first kappa shape index (κ1) is 28.4. The number of nitrogens with zero attached hydrogens (tertiary/aromatic N) is 2. The zero-order valence-corrected chi connectivity index (χ0v) is 22.6. The van der Waals surface area contributed by atoms with E-state index in [1.54, 1.807) is 54.4 Å². The van der Waals surface area contributed by atoms with Gasteiger partial charge in [-0.25, -0.2) is 12.7 Å². The van der Waals surface area contributed by atoms with E-state index in [0.29, 0.717) is 17.9 Å². The molecule has 1 atom stereocenters. The van der Waals surface area contributed by atoms with E-state index in [1.165, 1.54) is 11.4 Å². The quantitative estimate of drug-likeness (QED) is 0.373. The van der Waals surface area contributed by atoms with Crippen LogP contribution in [0.3, 0.4) is 0 Å². The number of rotatable bonds is 12. The smallest absolute Gasteiger partial charge is 0.242 e. The third kappa shape index (κ3) is 7.89. The maximum absolute atomic E-state index is 13.5. The van der Waals surface area contributed by atoms with Crippen LogP contribution in [0.2, 0.25) is 5.02 Å². The van der Waals surface area contributed by atoms with E-state index in [1.807, 2.05) is 42.5 Å². The summed E-state index contributed by atoms with van der Waals surface area (Å²) in [5, 5.41) is 3.27. The van der Waals surface area contributed by atoms with Gasteiger partial charge in [-0.15, -0.1) is 0 Å². The Morgan fingerprint density at radius 3 is 2.08 bits per heavy atom. The van der Waals surface area contributed by atoms with Crippen LogP contribution in [0.4, 0.5) is 0 Å². The van der Waals surface area contributed by atoms with Gasteiger partial charge in [0.15, 0.2) is 0 Å². The molecule has 3 aromatic carbocycles. The maximum Gasteiger partial charge on any atom is 0.242 e. The fourth-order valence-electron chi connectivity index (χ4n) is 4.00. The van der Waals surface area contributed by atoms with Gasteiger partial charge < -0.3 is 10.2 Å². The molecule has 0 saturated heterocycles. The minimum absolute atomic E-state index is 0.0878. The fourth-order valence-corrected chi connectivity index (χ4v) is 5.35. The van der Waals surface area contributed by atoms with Crippen molar-refractivity contribution in [2.24, 2.45) is 0 Å². The molecule has 0 aromatic heterocycles. The van der Waals surface area contributed by atoms with Gasteiger partial charge in [0.1, 0.15) is 6.04 Å². The fraction of sp³-hybridized carbons (Fsp3) is 0.286. The lowest BCUT2D eigenvalue weighted by Crippen LogP contribution is -2.49. The second-order valence-electron chi connectivity index (χ2n) is 8.71. The average Bonchev–Trinajstić information content (AvgIpc) is 2.92. The zero-order chi connectivity index (χ0) is 26.8. The molecule has 196 valence electrons. The van der Waals surface area contributed by atoms with Gasteiger partial charge in [-0.3, -0.25) is 9.59 Å². The lowest BCUT2D eigenvalue weighted by atomic mass is 10.0. The molecule has 2 amide bonds.